The third-order valence-corrected chi connectivity index (χ3v) is 6.71. The molecule has 1 aromatic rings. The molecule has 0 amide bonds. The van der Waals surface area contributed by atoms with Crippen LogP contribution in [0.25, 0.3) is 0 Å². The molecule has 0 saturated carbocycles. The molecule has 0 heterocycles. The Bertz CT molecular complexity index is 283. The summed E-state index contributed by atoms with van der Waals surface area (Å²) in [5.74, 6) is 0. The van der Waals surface area contributed by atoms with Crippen LogP contribution in [0.1, 0.15) is 12.5 Å². The van der Waals surface area contributed by atoms with E-state index in [2.05, 4.69) is 37.7 Å². The highest BCUT2D eigenvalue weighted by Gasteiger charge is 2.35. The van der Waals surface area contributed by atoms with Crippen molar-refractivity contribution in [3.8, 4) is 0 Å². The van der Waals surface area contributed by atoms with Gasteiger partial charge in [0.15, 0.2) is 0 Å². The SMILES string of the molecule is CO[Si](C)(OC)C(C)Cc1ccccc1. The van der Waals surface area contributed by atoms with Gasteiger partial charge in [-0.25, -0.2) is 0 Å². The Labute approximate surface area is 93.5 Å². The molecule has 3 heteroatoms. The van der Waals surface area contributed by atoms with Crippen molar-refractivity contribution in [2.24, 2.45) is 0 Å². The number of hydrogen-bond acceptors (Lipinski definition) is 2. The summed E-state index contributed by atoms with van der Waals surface area (Å²) in [6, 6.07) is 10.5. The lowest BCUT2D eigenvalue weighted by molar-refractivity contribution is 0.238. The van der Waals surface area contributed by atoms with Crippen LogP contribution in [0.4, 0.5) is 0 Å². The van der Waals surface area contributed by atoms with E-state index in [0.29, 0.717) is 5.54 Å². The molecular weight excluding hydrogens is 204 g/mol. The van der Waals surface area contributed by atoms with Crippen LogP contribution in [0, 0.1) is 0 Å². The van der Waals surface area contributed by atoms with Crippen molar-refractivity contribution in [3.63, 3.8) is 0 Å². The molecule has 1 rings (SSSR count). The van der Waals surface area contributed by atoms with Crippen molar-refractivity contribution >= 4 is 8.56 Å². The van der Waals surface area contributed by atoms with Crippen molar-refractivity contribution in [3.05, 3.63) is 35.9 Å². The fourth-order valence-electron chi connectivity index (χ4n) is 1.64. The Kier molecular flexibility index (Phi) is 4.51. The van der Waals surface area contributed by atoms with Gasteiger partial charge in [-0.15, -0.1) is 0 Å². The van der Waals surface area contributed by atoms with Gasteiger partial charge in [-0.2, -0.15) is 0 Å². The fourth-order valence-corrected chi connectivity index (χ4v) is 3.22. The van der Waals surface area contributed by atoms with Crippen LogP contribution >= 0.6 is 0 Å². The number of rotatable bonds is 5. The second-order valence-electron chi connectivity index (χ2n) is 4.01. The molecule has 0 fully saturated rings. The zero-order valence-electron chi connectivity index (χ0n) is 9.99. The minimum Gasteiger partial charge on any atom is -0.398 e. The van der Waals surface area contributed by atoms with E-state index in [-0.39, 0.29) is 0 Å². The van der Waals surface area contributed by atoms with Crippen molar-refractivity contribution in [1.82, 2.24) is 0 Å². The van der Waals surface area contributed by atoms with E-state index < -0.39 is 8.56 Å². The normalized spacial score (nSPS) is 13.9. The first-order chi connectivity index (χ1) is 7.12. The predicted octanol–water partition coefficient (Wildman–Crippen LogP) is 2.98. The molecule has 0 radical (unpaired) electrons. The summed E-state index contributed by atoms with van der Waals surface area (Å²) in [5, 5.41) is 0. The van der Waals surface area contributed by atoms with Crippen molar-refractivity contribution in [2.45, 2.75) is 25.4 Å². The summed E-state index contributed by atoms with van der Waals surface area (Å²) >= 11 is 0. The monoisotopic (exact) mass is 224 g/mol. The first-order valence-corrected chi connectivity index (χ1v) is 7.66. The van der Waals surface area contributed by atoms with Gasteiger partial charge >= 0.3 is 8.56 Å². The second kappa shape index (κ2) is 5.44. The summed E-state index contributed by atoms with van der Waals surface area (Å²) in [7, 11) is 1.51. The van der Waals surface area contributed by atoms with Crippen LogP contribution in [0.15, 0.2) is 30.3 Å². The molecule has 15 heavy (non-hydrogen) atoms. The Morgan fingerprint density at radius 3 is 2.13 bits per heavy atom. The van der Waals surface area contributed by atoms with Crippen molar-refractivity contribution < 1.29 is 8.85 Å². The van der Waals surface area contributed by atoms with E-state index >= 15 is 0 Å². The summed E-state index contributed by atoms with van der Waals surface area (Å²) in [6.45, 7) is 4.31. The summed E-state index contributed by atoms with van der Waals surface area (Å²) in [4.78, 5) is 0. The number of benzene rings is 1. The second-order valence-corrected chi connectivity index (χ2v) is 7.85. The maximum Gasteiger partial charge on any atom is 0.337 e. The fraction of sp³-hybridized carbons (Fsp3) is 0.500. The van der Waals surface area contributed by atoms with Gasteiger partial charge in [-0.1, -0.05) is 37.3 Å². The third-order valence-electron chi connectivity index (χ3n) is 3.09. The molecule has 0 bridgehead atoms. The molecule has 1 aromatic carbocycles. The van der Waals surface area contributed by atoms with E-state index in [4.69, 9.17) is 8.85 Å². The predicted molar refractivity (Wildman–Crippen MR) is 65.2 cm³/mol. The lowest BCUT2D eigenvalue weighted by atomic mass is 10.1. The van der Waals surface area contributed by atoms with Gasteiger partial charge < -0.3 is 8.85 Å². The average Bonchev–Trinajstić information content (AvgIpc) is 2.29. The summed E-state index contributed by atoms with van der Waals surface area (Å²) < 4.78 is 11.1. The van der Waals surface area contributed by atoms with Crippen LogP contribution in [-0.4, -0.2) is 22.8 Å². The number of hydrogen-bond donors (Lipinski definition) is 0. The van der Waals surface area contributed by atoms with E-state index in [0.717, 1.165) is 6.42 Å². The van der Waals surface area contributed by atoms with Gasteiger partial charge in [0.25, 0.3) is 0 Å². The molecule has 2 nitrogen and oxygen atoms in total. The maximum atomic E-state index is 5.54. The molecule has 0 aliphatic heterocycles. The lowest BCUT2D eigenvalue weighted by Crippen LogP contribution is -2.41. The summed E-state index contributed by atoms with van der Waals surface area (Å²) in [6.07, 6.45) is 1.02. The van der Waals surface area contributed by atoms with Gasteiger partial charge in [0.1, 0.15) is 0 Å². The molecule has 1 unspecified atom stereocenters. The highest BCUT2D eigenvalue weighted by molar-refractivity contribution is 6.67. The molecule has 0 saturated heterocycles. The van der Waals surface area contributed by atoms with Gasteiger partial charge in [0.05, 0.1) is 0 Å². The minimum atomic E-state index is -1.98. The molecule has 0 spiro atoms. The third kappa shape index (κ3) is 3.16. The largest absolute Gasteiger partial charge is 0.398 e. The van der Waals surface area contributed by atoms with Gasteiger partial charge in [0.2, 0.25) is 0 Å². The molecule has 0 N–H and O–H groups in total. The van der Waals surface area contributed by atoms with E-state index in [1.807, 2.05) is 6.07 Å². The molecular formula is C12H20O2Si. The van der Waals surface area contributed by atoms with Gasteiger partial charge in [0, 0.05) is 19.8 Å². The standard InChI is InChI=1S/C12H20O2Si/c1-11(15(4,13-2)14-3)10-12-8-6-5-7-9-12/h5-9,11H,10H2,1-4H3. The van der Waals surface area contributed by atoms with Gasteiger partial charge in [-0.3, -0.25) is 0 Å². The van der Waals surface area contributed by atoms with Gasteiger partial charge in [-0.05, 0) is 18.5 Å². The highest BCUT2D eigenvalue weighted by atomic mass is 28.4. The van der Waals surface area contributed by atoms with E-state index in [1.165, 1.54) is 5.56 Å². The van der Waals surface area contributed by atoms with Crippen molar-refractivity contribution in [1.29, 1.82) is 0 Å². The van der Waals surface area contributed by atoms with Crippen LogP contribution in [-0.2, 0) is 15.3 Å². The topological polar surface area (TPSA) is 18.5 Å². The first kappa shape index (κ1) is 12.4. The quantitative estimate of drug-likeness (QED) is 0.716. The molecule has 84 valence electrons. The summed E-state index contributed by atoms with van der Waals surface area (Å²) in [5.41, 5.74) is 1.80. The highest BCUT2D eigenvalue weighted by Crippen LogP contribution is 2.26. The molecule has 0 aromatic heterocycles. The Hall–Kier alpha value is -0.643. The molecule has 0 aliphatic rings. The maximum absolute atomic E-state index is 5.54. The smallest absolute Gasteiger partial charge is 0.337 e. The molecule has 1 atom stereocenters. The van der Waals surface area contributed by atoms with Crippen LogP contribution < -0.4 is 0 Å². The molecule has 0 aliphatic carbocycles. The Balaban J connectivity index is 2.66. The average molecular weight is 224 g/mol. The van der Waals surface area contributed by atoms with Crippen LogP contribution in [0.5, 0.6) is 0 Å². The minimum absolute atomic E-state index is 0.454. The first-order valence-electron chi connectivity index (χ1n) is 5.26. The van der Waals surface area contributed by atoms with Crippen LogP contribution in [0.3, 0.4) is 0 Å². The Morgan fingerprint density at radius 1 is 1.13 bits per heavy atom. The lowest BCUT2D eigenvalue weighted by Gasteiger charge is -2.29. The van der Waals surface area contributed by atoms with E-state index in [1.54, 1.807) is 14.2 Å². The zero-order chi connectivity index (χ0) is 11.3. The Morgan fingerprint density at radius 2 is 1.67 bits per heavy atom. The van der Waals surface area contributed by atoms with Crippen molar-refractivity contribution in [2.75, 3.05) is 14.2 Å². The van der Waals surface area contributed by atoms with E-state index in [9.17, 15) is 0 Å². The zero-order valence-corrected chi connectivity index (χ0v) is 11.0. The van der Waals surface area contributed by atoms with Crippen LogP contribution in [0.2, 0.25) is 12.1 Å².